The number of thiocarbonyl (C=S) groups is 1. The van der Waals surface area contributed by atoms with Crippen LogP contribution in [0.25, 0.3) is 0 Å². The molecular weight excluding hydrogens is 236 g/mol. The van der Waals surface area contributed by atoms with Crippen LogP contribution in [0.1, 0.15) is 41.0 Å². The number of esters is 1. The van der Waals surface area contributed by atoms with Crippen molar-refractivity contribution >= 4 is 23.3 Å². The zero-order valence-electron chi connectivity index (χ0n) is 11.0. The van der Waals surface area contributed by atoms with Crippen LogP contribution in [0.4, 0.5) is 0 Å². The van der Waals surface area contributed by atoms with Crippen molar-refractivity contribution in [3.8, 4) is 0 Å². The molecule has 2 atom stereocenters. The van der Waals surface area contributed by atoms with E-state index < -0.39 is 5.72 Å². The number of rotatable bonds is 1. The summed E-state index contributed by atoms with van der Waals surface area (Å²) in [5.41, 5.74) is -0.744. The smallest absolute Gasteiger partial charge is 0.331 e. The van der Waals surface area contributed by atoms with Gasteiger partial charge in [-0.1, -0.05) is 13.8 Å². The van der Waals surface area contributed by atoms with Gasteiger partial charge in [0, 0.05) is 12.0 Å². The van der Waals surface area contributed by atoms with Gasteiger partial charge in [0.25, 0.3) is 0 Å². The lowest BCUT2D eigenvalue weighted by atomic mass is 9.89. The van der Waals surface area contributed by atoms with Crippen molar-refractivity contribution in [3.05, 3.63) is 0 Å². The molecule has 0 radical (unpaired) electrons. The fourth-order valence-corrected chi connectivity index (χ4v) is 3.56. The maximum absolute atomic E-state index is 12.0. The Morgan fingerprint density at radius 1 is 1.47 bits per heavy atom. The summed E-state index contributed by atoms with van der Waals surface area (Å²) in [7, 11) is 0. The van der Waals surface area contributed by atoms with Crippen molar-refractivity contribution < 1.29 is 9.53 Å². The summed E-state index contributed by atoms with van der Waals surface area (Å²) < 4.78 is 5.59. The van der Waals surface area contributed by atoms with Crippen LogP contribution in [0.5, 0.6) is 0 Å². The molecule has 0 bridgehead atoms. The van der Waals surface area contributed by atoms with Crippen molar-refractivity contribution in [2.24, 2.45) is 5.92 Å². The molecule has 0 spiro atoms. The van der Waals surface area contributed by atoms with Crippen molar-refractivity contribution in [3.63, 3.8) is 0 Å². The Bertz CT molecular complexity index is 381. The third-order valence-electron chi connectivity index (χ3n) is 3.42. The highest BCUT2D eigenvalue weighted by atomic mass is 32.1. The SMILES string of the molecule is CC(C)[C@H]1C(=O)O[C@]2(C)CC(C)(C)NC(=S)N12. The predicted molar refractivity (Wildman–Crippen MR) is 69.4 cm³/mol. The fraction of sp³-hybridized carbons (Fsp3) is 0.833. The van der Waals surface area contributed by atoms with Crippen LogP contribution in [0, 0.1) is 5.92 Å². The van der Waals surface area contributed by atoms with Gasteiger partial charge in [0.2, 0.25) is 0 Å². The first kappa shape index (κ1) is 12.6. The minimum Gasteiger partial charge on any atom is -0.437 e. The van der Waals surface area contributed by atoms with Gasteiger partial charge in [-0.25, -0.2) is 4.79 Å². The Hall–Kier alpha value is -0.840. The molecule has 0 aromatic carbocycles. The number of nitrogens with zero attached hydrogens (tertiary/aromatic N) is 1. The average Bonchev–Trinajstić information content (AvgIpc) is 2.32. The zero-order chi connectivity index (χ0) is 13.0. The first-order chi connectivity index (χ1) is 7.66. The van der Waals surface area contributed by atoms with Crippen LogP contribution in [0.3, 0.4) is 0 Å². The number of hydrogen-bond donors (Lipinski definition) is 1. The third kappa shape index (κ3) is 1.90. The molecule has 2 saturated heterocycles. The molecular formula is C12H20N2O2S. The van der Waals surface area contributed by atoms with Crippen molar-refractivity contribution in [1.82, 2.24) is 10.2 Å². The van der Waals surface area contributed by atoms with Gasteiger partial charge in [-0.05, 0) is 38.9 Å². The Balaban J connectivity index is 2.39. The normalized spacial score (nSPS) is 35.6. The van der Waals surface area contributed by atoms with Crippen molar-refractivity contribution in [2.45, 2.75) is 58.3 Å². The summed E-state index contributed by atoms with van der Waals surface area (Å²) >= 11 is 5.40. The summed E-state index contributed by atoms with van der Waals surface area (Å²) in [5, 5.41) is 3.90. The van der Waals surface area contributed by atoms with Crippen LogP contribution in [-0.2, 0) is 9.53 Å². The highest BCUT2D eigenvalue weighted by molar-refractivity contribution is 7.80. The van der Waals surface area contributed by atoms with Gasteiger partial charge in [0.15, 0.2) is 10.8 Å². The van der Waals surface area contributed by atoms with E-state index in [0.29, 0.717) is 5.11 Å². The average molecular weight is 256 g/mol. The molecule has 2 aliphatic rings. The monoisotopic (exact) mass is 256 g/mol. The largest absolute Gasteiger partial charge is 0.437 e. The molecule has 2 heterocycles. The van der Waals surface area contributed by atoms with E-state index in [0.717, 1.165) is 6.42 Å². The Morgan fingerprint density at radius 2 is 2.06 bits per heavy atom. The lowest BCUT2D eigenvalue weighted by molar-refractivity contribution is -0.153. The van der Waals surface area contributed by atoms with Crippen molar-refractivity contribution in [2.75, 3.05) is 0 Å². The van der Waals surface area contributed by atoms with Gasteiger partial charge in [-0.3, -0.25) is 4.90 Å². The highest BCUT2D eigenvalue weighted by Crippen LogP contribution is 2.40. The van der Waals surface area contributed by atoms with E-state index in [9.17, 15) is 4.79 Å². The molecule has 96 valence electrons. The summed E-state index contributed by atoms with van der Waals surface area (Å²) in [4.78, 5) is 13.9. The summed E-state index contributed by atoms with van der Waals surface area (Å²) in [6.07, 6.45) is 0.731. The Morgan fingerprint density at radius 3 is 2.59 bits per heavy atom. The molecule has 0 aromatic rings. The number of fused-ring (bicyclic) bond motifs is 1. The molecule has 0 amide bonds. The molecule has 2 aliphatic heterocycles. The van der Waals surface area contributed by atoms with Gasteiger partial charge < -0.3 is 10.1 Å². The molecule has 0 aromatic heterocycles. The summed E-state index contributed by atoms with van der Waals surface area (Å²) in [6.45, 7) is 10.1. The second-order valence-electron chi connectivity index (χ2n) is 6.15. The van der Waals surface area contributed by atoms with E-state index in [-0.39, 0.29) is 23.5 Å². The second kappa shape index (κ2) is 3.57. The molecule has 0 saturated carbocycles. The second-order valence-corrected chi connectivity index (χ2v) is 6.53. The topological polar surface area (TPSA) is 41.6 Å². The predicted octanol–water partition coefficient (Wildman–Crippen LogP) is 1.64. The Kier molecular flexibility index (Phi) is 2.65. The van der Waals surface area contributed by atoms with E-state index in [1.807, 2.05) is 25.7 Å². The number of hydrogen-bond acceptors (Lipinski definition) is 3. The molecule has 4 nitrogen and oxygen atoms in total. The highest BCUT2D eigenvalue weighted by Gasteiger charge is 2.57. The minimum atomic E-state index is -0.599. The fourth-order valence-electron chi connectivity index (χ4n) is 2.97. The Labute approximate surface area is 108 Å². The van der Waals surface area contributed by atoms with Crippen molar-refractivity contribution in [1.29, 1.82) is 0 Å². The number of nitrogens with one attached hydrogen (secondary N) is 1. The van der Waals surface area contributed by atoms with E-state index in [2.05, 4.69) is 19.2 Å². The molecule has 0 aliphatic carbocycles. The lowest BCUT2D eigenvalue weighted by Gasteiger charge is -2.48. The first-order valence-electron chi connectivity index (χ1n) is 6.01. The van der Waals surface area contributed by atoms with Gasteiger partial charge in [-0.15, -0.1) is 0 Å². The maximum Gasteiger partial charge on any atom is 0.331 e. The maximum atomic E-state index is 12.0. The molecule has 2 fully saturated rings. The lowest BCUT2D eigenvalue weighted by Crippen LogP contribution is -2.66. The third-order valence-corrected chi connectivity index (χ3v) is 3.71. The molecule has 2 rings (SSSR count). The van der Waals surface area contributed by atoms with Gasteiger partial charge in [-0.2, -0.15) is 0 Å². The number of carbonyl (C=O) groups excluding carboxylic acids is 1. The number of ether oxygens (including phenoxy) is 1. The quantitative estimate of drug-likeness (QED) is 0.570. The van der Waals surface area contributed by atoms with Crippen LogP contribution >= 0.6 is 12.2 Å². The zero-order valence-corrected chi connectivity index (χ0v) is 11.9. The number of carbonyl (C=O) groups is 1. The van der Waals surface area contributed by atoms with E-state index in [4.69, 9.17) is 17.0 Å². The van der Waals surface area contributed by atoms with Crippen LogP contribution in [0.15, 0.2) is 0 Å². The molecule has 5 heteroatoms. The van der Waals surface area contributed by atoms with E-state index >= 15 is 0 Å². The molecule has 0 unspecified atom stereocenters. The van der Waals surface area contributed by atoms with Crippen LogP contribution < -0.4 is 5.32 Å². The first-order valence-corrected chi connectivity index (χ1v) is 6.41. The van der Waals surface area contributed by atoms with Crippen LogP contribution in [-0.4, -0.2) is 33.3 Å². The summed E-state index contributed by atoms with van der Waals surface area (Å²) in [5.74, 6) is 0.0228. The minimum absolute atomic E-state index is 0.144. The summed E-state index contributed by atoms with van der Waals surface area (Å²) in [6, 6.07) is -0.268. The van der Waals surface area contributed by atoms with Gasteiger partial charge in [0.05, 0.1) is 0 Å². The standard InChI is InChI=1S/C12H20N2O2S/c1-7(2)8-9(15)16-12(5)6-11(3,4)13-10(17)14(8)12/h7-8H,6H2,1-5H3,(H,13,17)/t8-,12+/m0/s1. The van der Waals surface area contributed by atoms with Gasteiger partial charge in [0.1, 0.15) is 6.04 Å². The van der Waals surface area contributed by atoms with Crippen LogP contribution in [0.2, 0.25) is 0 Å². The molecule has 1 N–H and O–H groups in total. The van der Waals surface area contributed by atoms with E-state index in [1.54, 1.807) is 0 Å². The van der Waals surface area contributed by atoms with E-state index in [1.165, 1.54) is 0 Å². The molecule has 17 heavy (non-hydrogen) atoms. The van der Waals surface area contributed by atoms with Gasteiger partial charge >= 0.3 is 5.97 Å².